The molecule has 0 aliphatic heterocycles. The highest BCUT2D eigenvalue weighted by Crippen LogP contribution is 2.39. The van der Waals surface area contributed by atoms with Gasteiger partial charge >= 0.3 is 12.2 Å². The summed E-state index contributed by atoms with van der Waals surface area (Å²) >= 11 is 21.0. The Bertz CT molecular complexity index is 1510. The fourth-order valence-corrected chi connectivity index (χ4v) is 6.76. The molecule has 16 nitrogen and oxygen atoms in total. The Kier molecular flexibility index (Phi) is 49.5. The molecular weight excluding hydrogens is 1250 g/mol. The van der Waals surface area contributed by atoms with Crippen LogP contribution in [0.25, 0.3) is 10.4 Å². The normalized spacial score (nSPS) is 10.5. The van der Waals surface area contributed by atoms with E-state index >= 15 is 0 Å². The molecule has 0 atom stereocenters. The van der Waals surface area contributed by atoms with Gasteiger partial charge in [0.15, 0.2) is 1.05 Å². The standard InChI is InChI=1S/C18H15P.C9H18BrNO3.C9H19NO4.C4H9ClO2.C4H9N3O2.CBr4/c1-4-10-16(11-5-1)19(17-12-6-2-7-13-17)18-14-8-3-9-15-18;1-9(2,3)14-8(12)11-5-7-13-6-4-10;1-9(2,3)14-8(12)10-4-6-13-7-5-11;5-1-3-7-4-2-6;5-7-6-1-3-9-4-2-8;2-1(3,4)5/h1-15H;4-7H2,1-3H3,(H,11,12);11H,4-7H2,1-3H3,(H,10,12);6H,1-4H2;8H,1-4H2;. The highest BCUT2D eigenvalue weighted by atomic mass is 80.0. The monoisotopic (exact) mass is 1320 g/mol. The van der Waals surface area contributed by atoms with Crippen LogP contribution in [0, 0.1) is 0 Å². The van der Waals surface area contributed by atoms with Gasteiger partial charge in [-0.25, -0.2) is 9.59 Å². The van der Waals surface area contributed by atoms with E-state index in [1.807, 2.05) is 20.8 Å². The number of aliphatic hydroxyl groups is 3. The van der Waals surface area contributed by atoms with Crippen LogP contribution in [0.2, 0.25) is 0 Å². The van der Waals surface area contributed by atoms with E-state index < -0.39 is 31.3 Å². The van der Waals surface area contributed by atoms with Gasteiger partial charge in [-0.2, -0.15) is 0 Å². The summed E-state index contributed by atoms with van der Waals surface area (Å²) in [5.41, 5.74) is 6.86. The van der Waals surface area contributed by atoms with Crippen LogP contribution in [0.1, 0.15) is 41.5 Å². The van der Waals surface area contributed by atoms with Crippen LogP contribution in [0.5, 0.6) is 0 Å². The summed E-state index contributed by atoms with van der Waals surface area (Å²) in [6.07, 6.45) is -0.856. The first-order chi connectivity index (χ1) is 32.2. The van der Waals surface area contributed by atoms with Crippen molar-refractivity contribution in [2.24, 2.45) is 5.11 Å². The Labute approximate surface area is 451 Å². The fourth-order valence-electron chi connectivity index (χ4n) is 4.12. The van der Waals surface area contributed by atoms with Crippen molar-refractivity contribution in [3.8, 4) is 0 Å². The zero-order valence-corrected chi connectivity index (χ0v) is 49.2. The number of nitrogens with one attached hydrogen (secondary N) is 2. The van der Waals surface area contributed by atoms with Gasteiger partial charge in [0.05, 0.1) is 72.7 Å². The zero-order valence-electron chi connectivity index (χ0n) is 39.6. The van der Waals surface area contributed by atoms with Crippen molar-refractivity contribution in [1.82, 2.24) is 10.6 Å². The van der Waals surface area contributed by atoms with Crippen molar-refractivity contribution in [2.75, 3.05) is 104 Å². The van der Waals surface area contributed by atoms with Crippen LogP contribution >= 0.6 is 99.2 Å². The van der Waals surface area contributed by atoms with Crippen LogP contribution in [0.15, 0.2) is 96.1 Å². The van der Waals surface area contributed by atoms with Gasteiger partial charge in [0, 0.05) is 35.8 Å². The number of rotatable bonds is 22. The number of hydrogen-bond acceptors (Lipinski definition) is 12. The molecule has 0 bridgehead atoms. The van der Waals surface area contributed by atoms with Crippen LogP contribution in [0.4, 0.5) is 9.59 Å². The van der Waals surface area contributed by atoms with Crippen LogP contribution < -0.4 is 26.5 Å². The number of nitrogens with zero attached hydrogens (tertiary/aromatic N) is 3. The molecule has 3 aromatic rings. The number of aliphatic hydroxyl groups excluding tert-OH is 3. The van der Waals surface area contributed by atoms with Crippen molar-refractivity contribution >= 4 is 127 Å². The highest BCUT2D eigenvalue weighted by molar-refractivity contribution is 9.52. The van der Waals surface area contributed by atoms with Crippen molar-refractivity contribution < 1.29 is 53.3 Å². The zero-order chi connectivity index (χ0) is 52.0. The number of amides is 2. The Balaban J connectivity index is -0.000000785. The molecule has 0 heterocycles. The van der Waals surface area contributed by atoms with E-state index in [0.717, 1.165) is 5.33 Å². The van der Waals surface area contributed by atoms with E-state index in [1.54, 1.807) is 20.8 Å². The van der Waals surface area contributed by atoms with E-state index in [-0.39, 0.29) is 27.5 Å². The molecule has 3 aromatic carbocycles. The first kappa shape index (κ1) is 70.6. The number of alkyl halides is 6. The van der Waals surface area contributed by atoms with E-state index in [1.165, 1.54) is 15.9 Å². The minimum Gasteiger partial charge on any atom is -0.444 e. The second-order valence-corrected chi connectivity index (χ2v) is 29.1. The van der Waals surface area contributed by atoms with Gasteiger partial charge in [0.25, 0.3) is 0 Å². The largest absolute Gasteiger partial charge is 0.444 e. The Morgan fingerprint density at radius 2 is 0.926 bits per heavy atom. The Morgan fingerprint density at radius 3 is 1.22 bits per heavy atom. The van der Waals surface area contributed by atoms with Gasteiger partial charge in [0.1, 0.15) is 11.2 Å². The number of carbonyl (C=O) groups is 2. The number of hydrogen-bond donors (Lipinski definition) is 5. The van der Waals surface area contributed by atoms with Gasteiger partial charge in [-0.1, -0.05) is 112 Å². The lowest BCUT2D eigenvalue weighted by molar-refractivity contribution is 0.0480. The number of halogens is 6. The van der Waals surface area contributed by atoms with E-state index in [9.17, 15) is 9.59 Å². The third kappa shape index (κ3) is 55.3. The molecule has 68 heavy (non-hydrogen) atoms. The summed E-state index contributed by atoms with van der Waals surface area (Å²) < 4.78 is 29.4. The molecule has 0 aliphatic carbocycles. The average molecular weight is 1320 g/mol. The maximum absolute atomic E-state index is 11.1. The van der Waals surface area contributed by atoms with Crippen molar-refractivity contribution in [1.29, 1.82) is 0 Å². The Hall–Kier alpha value is -1.65. The van der Waals surface area contributed by atoms with Crippen molar-refractivity contribution in [3.63, 3.8) is 0 Å². The number of alkyl carbamates (subject to hydrolysis) is 2. The van der Waals surface area contributed by atoms with Crippen LogP contribution in [0.3, 0.4) is 0 Å². The molecule has 0 spiro atoms. The molecular formula is C45H70Br5ClN5O11P. The topological polar surface area (TPSA) is 223 Å². The molecule has 0 aromatic heterocycles. The number of carbonyl (C=O) groups excluding carboxylic acids is 2. The molecule has 5 N–H and O–H groups in total. The molecule has 388 valence electrons. The molecule has 0 radical (unpaired) electrons. The minimum absolute atomic E-state index is 0.00750. The van der Waals surface area contributed by atoms with Gasteiger partial charge in [-0.15, -0.1) is 11.6 Å². The first-order valence-electron chi connectivity index (χ1n) is 21.1. The second-order valence-electron chi connectivity index (χ2n) is 14.6. The van der Waals surface area contributed by atoms with Crippen molar-refractivity contribution in [2.45, 2.75) is 53.8 Å². The van der Waals surface area contributed by atoms with E-state index in [0.29, 0.717) is 71.8 Å². The van der Waals surface area contributed by atoms with Gasteiger partial charge in [-0.3, -0.25) is 0 Å². The highest BCUT2D eigenvalue weighted by Gasteiger charge is 2.17. The molecule has 2 amide bonds. The van der Waals surface area contributed by atoms with Gasteiger partial charge in [-0.05, 0) is 135 Å². The van der Waals surface area contributed by atoms with Crippen LogP contribution in [-0.2, 0) is 28.4 Å². The lowest BCUT2D eigenvalue weighted by Gasteiger charge is -2.19. The minimum atomic E-state index is -0.476. The van der Waals surface area contributed by atoms with Gasteiger partial charge < -0.3 is 54.4 Å². The van der Waals surface area contributed by atoms with E-state index in [4.69, 9.17) is 60.9 Å². The predicted octanol–water partition coefficient (Wildman–Crippen LogP) is 9.60. The first-order valence-corrected chi connectivity index (χ1v) is 27.3. The number of azide groups is 1. The summed E-state index contributed by atoms with van der Waals surface area (Å²) in [4.78, 5) is 24.7. The summed E-state index contributed by atoms with van der Waals surface area (Å²) in [5.74, 6) is 0.500. The predicted molar refractivity (Wildman–Crippen MR) is 295 cm³/mol. The molecule has 0 aliphatic rings. The fraction of sp³-hybridized carbons (Fsp3) is 0.556. The molecule has 0 unspecified atom stereocenters. The van der Waals surface area contributed by atoms with Crippen LogP contribution in [-0.4, -0.2) is 143 Å². The molecule has 3 rings (SSSR count). The van der Waals surface area contributed by atoms with E-state index in [2.05, 4.69) is 191 Å². The lowest BCUT2D eigenvalue weighted by Crippen LogP contribution is -2.34. The smallest absolute Gasteiger partial charge is 0.407 e. The quantitative estimate of drug-likeness (QED) is 0.0159. The average Bonchev–Trinajstić information content (AvgIpc) is 3.27. The molecule has 0 saturated carbocycles. The molecule has 0 fully saturated rings. The summed E-state index contributed by atoms with van der Waals surface area (Å²) in [6.45, 7) is 15.6. The maximum Gasteiger partial charge on any atom is 0.407 e. The van der Waals surface area contributed by atoms with Gasteiger partial charge in [0.2, 0.25) is 0 Å². The lowest BCUT2D eigenvalue weighted by atomic mass is 10.2. The summed E-state index contributed by atoms with van der Waals surface area (Å²) in [7, 11) is -0.446. The SMILES string of the molecule is BrC(Br)(Br)Br.CC(C)(C)OC(=O)NCCOCCBr.CC(C)(C)OC(=O)NCCOCCO.OCCOCCCl.[N-]=[N+]=NCCOCCO.c1ccc(P(c2ccccc2)c2ccccc2)cc1. The third-order valence-electron chi connectivity index (χ3n) is 6.42. The summed E-state index contributed by atoms with van der Waals surface area (Å²) in [5, 5.41) is 38.1. The number of ether oxygens (including phenoxy) is 6. The summed E-state index contributed by atoms with van der Waals surface area (Å²) in [6, 6.07) is 32.3. The van der Waals surface area contributed by atoms with Crippen molar-refractivity contribution in [3.05, 3.63) is 101 Å². The Morgan fingerprint density at radius 1 is 0.603 bits per heavy atom. The third-order valence-corrected chi connectivity index (χ3v) is 9.34. The molecule has 0 saturated heterocycles. The second kappa shape index (κ2) is 47.7. The molecule has 23 heteroatoms. The maximum atomic E-state index is 11.1. The number of benzene rings is 3.